The second-order valence-corrected chi connectivity index (χ2v) is 22.8. The van der Waals surface area contributed by atoms with E-state index >= 15 is 0 Å². The minimum Gasteiger partial charge on any atom is -0.462 e. The number of hydrogen-bond donors (Lipinski definition) is 0. The summed E-state index contributed by atoms with van der Waals surface area (Å²) in [4.78, 5) is 38.2. The number of esters is 3. The molecular formula is C62H120O6. The summed E-state index contributed by atoms with van der Waals surface area (Å²) >= 11 is 0. The van der Waals surface area contributed by atoms with Crippen LogP contribution in [-0.2, 0) is 28.6 Å². The fraction of sp³-hybridized carbons (Fsp3) is 0.952. The second-order valence-electron chi connectivity index (χ2n) is 22.8. The lowest BCUT2D eigenvalue weighted by molar-refractivity contribution is -0.167. The van der Waals surface area contributed by atoms with Gasteiger partial charge in [-0.2, -0.15) is 0 Å². The number of carbonyl (C=O) groups is 3. The Bertz CT molecular complexity index is 1050. The van der Waals surface area contributed by atoms with E-state index in [9.17, 15) is 14.4 Å². The maximum absolute atomic E-state index is 12.9. The van der Waals surface area contributed by atoms with Crippen LogP contribution in [0.2, 0.25) is 0 Å². The van der Waals surface area contributed by atoms with Gasteiger partial charge in [0.2, 0.25) is 0 Å². The highest BCUT2D eigenvalue weighted by Crippen LogP contribution is 2.19. The van der Waals surface area contributed by atoms with Gasteiger partial charge in [-0.3, -0.25) is 14.4 Å². The molecular weight excluding hydrogens is 841 g/mol. The van der Waals surface area contributed by atoms with E-state index in [0.717, 1.165) is 75.5 Å². The molecule has 0 fully saturated rings. The minimum absolute atomic E-state index is 0.0629. The Morgan fingerprint density at radius 3 is 0.632 bits per heavy atom. The van der Waals surface area contributed by atoms with Gasteiger partial charge >= 0.3 is 17.9 Å². The van der Waals surface area contributed by atoms with Crippen LogP contribution in [0.25, 0.3) is 0 Å². The van der Waals surface area contributed by atoms with Crippen molar-refractivity contribution in [2.24, 2.45) is 17.8 Å². The van der Waals surface area contributed by atoms with Crippen LogP contribution in [0.4, 0.5) is 0 Å². The fourth-order valence-corrected chi connectivity index (χ4v) is 9.53. The molecule has 0 radical (unpaired) electrons. The molecule has 0 aliphatic heterocycles. The van der Waals surface area contributed by atoms with Crippen molar-refractivity contribution in [2.45, 2.75) is 349 Å². The smallest absolute Gasteiger partial charge is 0.306 e. The van der Waals surface area contributed by atoms with E-state index in [4.69, 9.17) is 14.2 Å². The number of carbonyl (C=O) groups excluding carboxylic acids is 3. The van der Waals surface area contributed by atoms with Crippen LogP contribution >= 0.6 is 0 Å². The van der Waals surface area contributed by atoms with Crippen molar-refractivity contribution in [3.05, 3.63) is 0 Å². The quantitative estimate of drug-likeness (QED) is 0.0343. The molecule has 0 aromatic heterocycles. The van der Waals surface area contributed by atoms with Crippen molar-refractivity contribution in [2.75, 3.05) is 13.2 Å². The van der Waals surface area contributed by atoms with Crippen LogP contribution in [0.1, 0.15) is 343 Å². The van der Waals surface area contributed by atoms with Crippen molar-refractivity contribution in [3.63, 3.8) is 0 Å². The Morgan fingerprint density at radius 2 is 0.426 bits per heavy atom. The van der Waals surface area contributed by atoms with Crippen LogP contribution in [-0.4, -0.2) is 37.2 Å². The maximum Gasteiger partial charge on any atom is 0.306 e. The highest BCUT2D eigenvalue weighted by molar-refractivity contribution is 5.71. The third kappa shape index (κ3) is 55.3. The molecule has 0 N–H and O–H groups in total. The van der Waals surface area contributed by atoms with Crippen molar-refractivity contribution < 1.29 is 28.6 Å². The van der Waals surface area contributed by atoms with Crippen LogP contribution in [0.3, 0.4) is 0 Å². The summed E-state index contributed by atoms with van der Waals surface area (Å²) in [5, 5.41) is 0. The SMILES string of the molecule is CC(C)CCCCCCCCCCCCCCCCCCC(=O)OC[C@@H](COC(=O)CCCCCCCCCCCCCCC(C)C)OC(=O)CCCCCCCCCCCCCCCC(C)C. The van der Waals surface area contributed by atoms with Gasteiger partial charge in [0.25, 0.3) is 0 Å². The third-order valence-corrected chi connectivity index (χ3v) is 14.1. The van der Waals surface area contributed by atoms with Crippen molar-refractivity contribution in [1.29, 1.82) is 0 Å². The summed E-state index contributed by atoms with van der Waals surface area (Å²) in [6, 6.07) is 0. The number of rotatable bonds is 55. The molecule has 0 aliphatic carbocycles. The minimum atomic E-state index is -0.764. The van der Waals surface area contributed by atoms with Crippen molar-refractivity contribution in [1.82, 2.24) is 0 Å². The molecule has 0 unspecified atom stereocenters. The van der Waals surface area contributed by atoms with Crippen molar-refractivity contribution in [3.8, 4) is 0 Å². The van der Waals surface area contributed by atoms with E-state index in [-0.39, 0.29) is 31.1 Å². The molecule has 0 aromatic rings. The monoisotopic (exact) mass is 961 g/mol. The third-order valence-electron chi connectivity index (χ3n) is 14.1. The van der Waals surface area contributed by atoms with Gasteiger partial charge < -0.3 is 14.2 Å². The molecule has 0 bridgehead atoms. The number of hydrogen-bond acceptors (Lipinski definition) is 6. The molecule has 0 heterocycles. The lowest BCUT2D eigenvalue weighted by Crippen LogP contribution is -2.30. The van der Waals surface area contributed by atoms with Gasteiger partial charge in [-0.25, -0.2) is 0 Å². The van der Waals surface area contributed by atoms with Crippen LogP contribution in [0, 0.1) is 17.8 Å². The molecule has 6 heteroatoms. The van der Waals surface area contributed by atoms with Gasteiger partial charge in [-0.15, -0.1) is 0 Å². The standard InChI is InChI=1S/C62H120O6/c1-56(2)48-42-36-30-24-18-12-9-7-8-10-14-21-27-33-39-45-51-60(63)66-54-59(55-67-61(64)52-46-40-34-28-22-17-16-20-26-32-38-44-50-58(5)6)68-62(65)53-47-41-35-29-23-15-11-13-19-25-31-37-43-49-57(3)4/h56-59H,7-55H2,1-6H3/t59-/m0/s1. The first kappa shape index (κ1) is 66.4. The average molecular weight is 962 g/mol. The highest BCUT2D eigenvalue weighted by Gasteiger charge is 2.19. The lowest BCUT2D eigenvalue weighted by atomic mass is 10.0. The zero-order valence-corrected chi connectivity index (χ0v) is 46.9. The normalized spacial score (nSPS) is 12.1. The maximum atomic E-state index is 12.9. The van der Waals surface area contributed by atoms with Gasteiger partial charge in [0.1, 0.15) is 13.2 Å². The number of unbranched alkanes of at least 4 members (excludes halogenated alkanes) is 38. The summed E-state index contributed by atoms with van der Waals surface area (Å²) < 4.78 is 16.9. The Balaban J connectivity index is 4.29. The molecule has 0 saturated carbocycles. The van der Waals surface area contributed by atoms with E-state index in [1.54, 1.807) is 0 Å². The number of ether oxygens (including phenoxy) is 3. The summed E-state index contributed by atoms with van der Waals surface area (Å²) in [6.45, 7) is 13.8. The lowest BCUT2D eigenvalue weighted by Gasteiger charge is -2.18. The van der Waals surface area contributed by atoms with Crippen LogP contribution < -0.4 is 0 Å². The first-order valence-electron chi connectivity index (χ1n) is 30.6. The van der Waals surface area contributed by atoms with E-state index in [1.807, 2.05) is 0 Å². The average Bonchev–Trinajstić information content (AvgIpc) is 3.30. The van der Waals surface area contributed by atoms with E-state index in [0.29, 0.717) is 19.3 Å². The molecule has 1 atom stereocenters. The first-order chi connectivity index (χ1) is 33.1. The Labute approximate surface area is 425 Å². The molecule has 0 spiro atoms. The van der Waals surface area contributed by atoms with Crippen LogP contribution in [0.5, 0.6) is 0 Å². The summed E-state index contributed by atoms with van der Waals surface area (Å²) in [6.07, 6.45) is 56.7. The largest absolute Gasteiger partial charge is 0.462 e. The Hall–Kier alpha value is -1.59. The van der Waals surface area contributed by atoms with Gasteiger partial charge in [-0.05, 0) is 37.0 Å². The molecule has 0 aliphatic rings. The molecule has 68 heavy (non-hydrogen) atoms. The molecule has 6 nitrogen and oxygen atoms in total. The topological polar surface area (TPSA) is 78.9 Å². The second kappa shape index (κ2) is 53.2. The first-order valence-corrected chi connectivity index (χ1v) is 30.6. The predicted molar refractivity (Wildman–Crippen MR) is 293 cm³/mol. The fourth-order valence-electron chi connectivity index (χ4n) is 9.53. The van der Waals surface area contributed by atoms with Gasteiger partial charge in [0.05, 0.1) is 0 Å². The highest BCUT2D eigenvalue weighted by atomic mass is 16.6. The Morgan fingerprint density at radius 1 is 0.250 bits per heavy atom. The van der Waals surface area contributed by atoms with E-state index in [2.05, 4.69) is 41.5 Å². The molecule has 0 amide bonds. The molecule has 0 rings (SSSR count). The van der Waals surface area contributed by atoms with Gasteiger partial charge in [-0.1, -0.05) is 305 Å². The van der Waals surface area contributed by atoms with E-state index < -0.39 is 6.10 Å². The van der Waals surface area contributed by atoms with E-state index in [1.165, 1.54) is 225 Å². The van der Waals surface area contributed by atoms with Gasteiger partial charge in [0.15, 0.2) is 6.10 Å². The van der Waals surface area contributed by atoms with Crippen molar-refractivity contribution >= 4 is 17.9 Å². The Kier molecular flexibility index (Phi) is 52.0. The summed E-state index contributed by atoms with van der Waals surface area (Å²) in [5.41, 5.74) is 0. The molecule has 0 saturated heterocycles. The molecule has 0 aromatic carbocycles. The zero-order chi connectivity index (χ0) is 49.8. The van der Waals surface area contributed by atoms with Gasteiger partial charge in [0, 0.05) is 19.3 Å². The zero-order valence-electron chi connectivity index (χ0n) is 46.9. The molecule has 404 valence electrons. The predicted octanol–water partition coefficient (Wildman–Crippen LogP) is 20.3. The summed E-state index contributed by atoms with van der Waals surface area (Å²) in [5.74, 6) is 1.69. The van der Waals surface area contributed by atoms with Crippen LogP contribution in [0.15, 0.2) is 0 Å². The summed E-state index contributed by atoms with van der Waals surface area (Å²) in [7, 11) is 0.